The summed E-state index contributed by atoms with van der Waals surface area (Å²) in [5.41, 5.74) is 2.03. The van der Waals surface area contributed by atoms with Gasteiger partial charge in [0.1, 0.15) is 0 Å². The number of aromatic nitrogens is 2. The van der Waals surface area contributed by atoms with Crippen LogP contribution in [-0.2, 0) is 21.2 Å². The molecule has 1 unspecified atom stereocenters. The van der Waals surface area contributed by atoms with E-state index in [0.717, 1.165) is 29.2 Å². The summed E-state index contributed by atoms with van der Waals surface area (Å²) < 4.78 is 26.1. The van der Waals surface area contributed by atoms with Crippen molar-refractivity contribution in [3.05, 3.63) is 24.3 Å². The molecule has 0 radical (unpaired) electrons. The van der Waals surface area contributed by atoms with Crippen LogP contribution in [0.15, 0.2) is 29.4 Å². The molecule has 1 aromatic carbocycles. The van der Waals surface area contributed by atoms with Crippen LogP contribution >= 0.6 is 11.8 Å². The van der Waals surface area contributed by atoms with Gasteiger partial charge < -0.3 is 9.47 Å². The van der Waals surface area contributed by atoms with Crippen molar-refractivity contribution in [3.8, 4) is 0 Å². The highest BCUT2D eigenvalue weighted by Crippen LogP contribution is 2.27. The minimum Gasteiger partial charge on any atom is -0.338 e. The number of nitrogens with zero attached hydrogens (tertiary/aromatic N) is 3. The highest BCUT2D eigenvalue weighted by Gasteiger charge is 2.34. The van der Waals surface area contributed by atoms with Crippen molar-refractivity contribution in [2.45, 2.75) is 58.3 Å². The molecule has 1 amide bonds. The number of para-hydroxylation sites is 2. The molecule has 0 N–H and O–H groups in total. The van der Waals surface area contributed by atoms with Crippen LogP contribution in [0.1, 0.15) is 40.5 Å². The monoisotopic (exact) mass is 451 g/mol. The molecular weight excluding hydrogens is 418 g/mol. The lowest BCUT2D eigenvalue weighted by Gasteiger charge is -2.30. The van der Waals surface area contributed by atoms with E-state index in [1.54, 1.807) is 4.90 Å². The van der Waals surface area contributed by atoms with Crippen molar-refractivity contribution >= 4 is 38.5 Å². The molecule has 2 heterocycles. The fraction of sp³-hybridized carbons (Fsp3) is 0.636. The lowest BCUT2D eigenvalue weighted by atomic mass is 10.1. The van der Waals surface area contributed by atoms with E-state index in [9.17, 15) is 13.2 Å². The number of imidazole rings is 1. The van der Waals surface area contributed by atoms with E-state index >= 15 is 0 Å². The summed E-state index contributed by atoms with van der Waals surface area (Å²) in [6.07, 6.45) is 1.58. The predicted octanol–water partition coefficient (Wildman–Crippen LogP) is 3.85. The van der Waals surface area contributed by atoms with Crippen molar-refractivity contribution in [1.29, 1.82) is 0 Å². The van der Waals surface area contributed by atoms with Crippen molar-refractivity contribution in [2.24, 2.45) is 11.8 Å². The third-order valence-corrected chi connectivity index (χ3v) is 8.12. The first-order valence-corrected chi connectivity index (χ1v) is 13.5. The van der Waals surface area contributed by atoms with Crippen molar-refractivity contribution in [2.75, 3.05) is 23.8 Å². The second-order valence-electron chi connectivity index (χ2n) is 9.00. The van der Waals surface area contributed by atoms with Crippen LogP contribution in [0, 0.1) is 11.8 Å². The van der Waals surface area contributed by atoms with Gasteiger partial charge in [0.05, 0.1) is 28.3 Å². The van der Waals surface area contributed by atoms with Crippen LogP contribution < -0.4 is 0 Å². The lowest BCUT2D eigenvalue weighted by Crippen LogP contribution is -2.44. The molecule has 0 saturated carbocycles. The lowest BCUT2D eigenvalue weighted by molar-refractivity contribution is -0.130. The van der Waals surface area contributed by atoms with E-state index in [1.165, 1.54) is 11.8 Å². The number of thioether (sulfide) groups is 1. The van der Waals surface area contributed by atoms with Gasteiger partial charge in [0.2, 0.25) is 5.91 Å². The van der Waals surface area contributed by atoms with Crippen LogP contribution in [0.3, 0.4) is 0 Å². The number of hydrogen-bond donors (Lipinski definition) is 0. The van der Waals surface area contributed by atoms with Gasteiger partial charge in [-0.1, -0.05) is 51.6 Å². The molecule has 3 rings (SSSR count). The molecule has 1 fully saturated rings. The Hall–Kier alpha value is -1.54. The van der Waals surface area contributed by atoms with E-state index in [2.05, 4.69) is 38.3 Å². The van der Waals surface area contributed by atoms with Gasteiger partial charge in [0.15, 0.2) is 15.0 Å². The number of carbonyl (C=O) groups excluding carboxylic acids is 1. The first-order chi connectivity index (χ1) is 14.2. The van der Waals surface area contributed by atoms with E-state index < -0.39 is 9.84 Å². The van der Waals surface area contributed by atoms with Gasteiger partial charge in [0.25, 0.3) is 0 Å². The smallest absolute Gasteiger partial charge is 0.233 e. The van der Waals surface area contributed by atoms with Crippen molar-refractivity contribution < 1.29 is 13.2 Å². The van der Waals surface area contributed by atoms with E-state index in [-0.39, 0.29) is 35.1 Å². The van der Waals surface area contributed by atoms with Gasteiger partial charge in [-0.05, 0) is 36.8 Å². The summed E-state index contributed by atoms with van der Waals surface area (Å²) in [5, 5.41) is 0.855. The molecule has 30 heavy (non-hydrogen) atoms. The van der Waals surface area contributed by atoms with Gasteiger partial charge in [-0.3, -0.25) is 4.79 Å². The zero-order valence-electron chi connectivity index (χ0n) is 18.4. The molecule has 6 nitrogen and oxygen atoms in total. The first kappa shape index (κ1) is 23.1. The van der Waals surface area contributed by atoms with Gasteiger partial charge in [-0.25, -0.2) is 13.4 Å². The topological polar surface area (TPSA) is 72.3 Å². The Kier molecular flexibility index (Phi) is 7.50. The number of amides is 1. The zero-order valence-corrected chi connectivity index (χ0v) is 20.0. The molecule has 0 spiro atoms. The summed E-state index contributed by atoms with van der Waals surface area (Å²) in [4.78, 5) is 19.7. The number of rotatable bonds is 9. The summed E-state index contributed by atoms with van der Waals surface area (Å²) in [7, 11) is -3.03. The normalized spacial score (nSPS) is 18.5. The quantitative estimate of drug-likeness (QED) is 0.542. The summed E-state index contributed by atoms with van der Waals surface area (Å²) in [6, 6.07) is 7.86. The first-order valence-electron chi connectivity index (χ1n) is 10.7. The number of fused-ring (bicyclic) bond motifs is 1. The van der Waals surface area contributed by atoms with E-state index in [0.29, 0.717) is 18.9 Å². The Morgan fingerprint density at radius 1 is 1.23 bits per heavy atom. The van der Waals surface area contributed by atoms with Crippen molar-refractivity contribution in [1.82, 2.24) is 14.5 Å². The number of aryl methyl sites for hydroxylation is 1. The van der Waals surface area contributed by atoms with E-state index in [1.807, 2.05) is 18.2 Å². The highest BCUT2D eigenvalue weighted by atomic mass is 32.2. The molecule has 8 heteroatoms. The largest absolute Gasteiger partial charge is 0.338 e. The maximum atomic E-state index is 13.1. The zero-order chi connectivity index (χ0) is 21.9. The summed E-state index contributed by atoms with van der Waals surface area (Å²) in [6.45, 7) is 9.98. The van der Waals surface area contributed by atoms with Crippen LogP contribution in [0.25, 0.3) is 11.0 Å². The molecule has 0 bridgehead atoms. The molecule has 1 saturated heterocycles. The number of benzene rings is 1. The SMILES string of the molecule is CC(C)CCn1c(SCC(=O)N(CC(C)C)C2CCS(=O)(=O)C2)nc2ccccc21. The Bertz CT molecular complexity index is 983. The molecule has 1 aliphatic rings. The Morgan fingerprint density at radius 2 is 1.97 bits per heavy atom. The second-order valence-corrected chi connectivity index (χ2v) is 12.2. The van der Waals surface area contributed by atoms with Gasteiger partial charge in [-0.2, -0.15) is 0 Å². The molecule has 2 aromatic rings. The minimum atomic E-state index is -3.03. The highest BCUT2D eigenvalue weighted by molar-refractivity contribution is 7.99. The third kappa shape index (κ3) is 5.78. The third-order valence-electron chi connectivity index (χ3n) is 5.41. The molecule has 166 valence electrons. The molecule has 1 aromatic heterocycles. The molecule has 0 aliphatic carbocycles. The predicted molar refractivity (Wildman–Crippen MR) is 124 cm³/mol. The van der Waals surface area contributed by atoms with Crippen molar-refractivity contribution in [3.63, 3.8) is 0 Å². The standard InChI is InChI=1S/C22H33N3O3S2/c1-16(2)9-11-24-20-8-6-5-7-19(20)23-22(24)29-14-21(26)25(13-17(3)4)18-10-12-30(27,28)15-18/h5-8,16-18H,9-15H2,1-4H3. The Balaban J connectivity index is 1.76. The maximum absolute atomic E-state index is 13.1. The maximum Gasteiger partial charge on any atom is 0.233 e. The van der Waals surface area contributed by atoms with Crippen LogP contribution in [0.2, 0.25) is 0 Å². The second kappa shape index (κ2) is 9.73. The average molecular weight is 452 g/mol. The van der Waals surface area contributed by atoms with Crippen LogP contribution in [0.4, 0.5) is 0 Å². The van der Waals surface area contributed by atoms with Crippen LogP contribution in [-0.4, -0.2) is 58.6 Å². The summed E-state index contributed by atoms with van der Waals surface area (Å²) in [5.74, 6) is 1.40. The van der Waals surface area contributed by atoms with Gasteiger partial charge in [0, 0.05) is 19.1 Å². The van der Waals surface area contributed by atoms with Gasteiger partial charge >= 0.3 is 0 Å². The number of sulfone groups is 1. The summed E-state index contributed by atoms with van der Waals surface area (Å²) >= 11 is 1.46. The molecule has 1 atom stereocenters. The average Bonchev–Trinajstić information content (AvgIpc) is 3.21. The van der Waals surface area contributed by atoms with E-state index in [4.69, 9.17) is 4.98 Å². The molecule has 1 aliphatic heterocycles. The Morgan fingerprint density at radius 3 is 2.60 bits per heavy atom. The number of carbonyl (C=O) groups is 1. The number of hydrogen-bond acceptors (Lipinski definition) is 5. The molecular formula is C22H33N3O3S2. The fourth-order valence-corrected chi connectivity index (χ4v) is 6.50. The minimum absolute atomic E-state index is 0.00161. The van der Waals surface area contributed by atoms with Crippen LogP contribution in [0.5, 0.6) is 0 Å². The Labute approximate surface area is 184 Å². The fourth-order valence-electron chi connectivity index (χ4n) is 3.85. The van der Waals surface area contributed by atoms with Gasteiger partial charge in [-0.15, -0.1) is 0 Å².